The smallest absolute Gasteiger partial charge is 0.281 e. The number of aryl methyl sites for hydroxylation is 1. The van der Waals surface area contributed by atoms with Gasteiger partial charge in [-0.05, 0) is 49.8 Å². The number of ether oxygens (including phenoxy) is 1. The molecule has 0 aliphatic carbocycles. The molecule has 23 heavy (non-hydrogen) atoms. The lowest BCUT2D eigenvalue weighted by Gasteiger charge is -2.08. The van der Waals surface area contributed by atoms with E-state index in [-0.39, 0.29) is 5.56 Å². The molecule has 0 aliphatic heterocycles. The number of H-pyrrole nitrogens is 1. The first kappa shape index (κ1) is 15.4. The molecule has 0 radical (unpaired) electrons. The van der Waals surface area contributed by atoms with E-state index >= 15 is 0 Å². The summed E-state index contributed by atoms with van der Waals surface area (Å²) in [4.78, 5) is 12.6. The number of benzene rings is 1. The van der Waals surface area contributed by atoms with Crippen molar-refractivity contribution in [1.29, 1.82) is 0 Å². The van der Waals surface area contributed by atoms with Gasteiger partial charge >= 0.3 is 0 Å². The van der Waals surface area contributed by atoms with Crippen molar-refractivity contribution < 1.29 is 4.74 Å². The first-order valence-electron chi connectivity index (χ1n) is 7.47. The molecule has 3 rings (SSSR count). The Hall–Kier alpha value is -2.48. The molecule has 0 amide bonds. The maximum Gasteiger partial charge on any atom is 0.281 e. The highest BCUT2D eigenvalue weighted by Crippen LogP contribution is 2.19. The zero-order chi connectivity index (χ0) is 16.4. The van der Waals surface area contributed by atoms with Crippen LogP contribution in [0, 0.1) is 4.77 Å². The summed E-state index contributed by atoms with van der Waals surface area (Å²) in [5.74, 6) is 1.18. The van der Waals surface area contributed by atoms with E-state index in [0.29, 0.717) is 35.0 Å². The van der Waals surface area contributed by atoms with E-state index in [0.717, 1.165) is 12.2 Å². The van der Waals surface area contributed by atoms with Gasteiger partial charge in [0, 0.05) is 12.1 Å². The maximum atomic E-state index is 12.6. The number of nitrogens with zero attached hydrogens (tertiary/aromatic N) is 4. The molecule has 120 valence electrons. The molecular formula is C15H17N5O2S. The van der Waals surface area contributed by atoms with Crippen LogP contribution in [0.2, 0.25) is 0 Å². The maximum absolute atomic E-state index is 12.6. The van der Waals surface area contributed by atoms with Crippen LogP contribution < -0.4 is 10.3 Å². The average Bonchev–Trinajstić information content (AvgIpc) is 2.94. The van der Waals surface area contributed by atoms with Crippen molar-refractivity contribution in [3.8, 4) is 17.0 Å². The van der Waals surface area contributed by atoms with E-state index in [1.807, 2.05) is 31.2 Å². The number of nitrogens with one attached hydrogen (secondary N) is 1. The summed E-state index contributed by atoms with van der Waals surface area (Å²) in [6.07, 6.45) is 0.944. The minimum atomic E-state index is -0.198. The summed E-state index contributed by atoms with van der Waals surface area (Å²) < 4.78 is 8.92. The first-order valence-corrected chi connectivity index (χ1v) is 7.88. The molecule has 8 heteroatoms. The highest BCUT2D eigenvalue weighted by atomic mass is 32.1. The molecule has 1 aromatic carbocycles. The molecule has 1 N–H and O–H groups in total. The minimum Gasteiger partial charge on any atom is -0.494 e. The summed E-state index contributed by atoms with van der Waals surface area (Å²) in [6.45, 7) is 5.07. The average molecular weight is 331 g/mol. The van der Waals surface area contributed by atoms with Gasteiger partial charge in [-0.15, -0.1) is 5.10 Å². The molecule has 0 bridgehead atoms. The third kappa shape index (κ3) is 2.77. The first-order chi connectivity index (χ1) is 11.2. The van der Waals surface area contributed by atoms with E-state index in [4.69, 9.17) is 17.0 Å². The van der Waals surface area contributed by atoms with Crippen LogP contribution in [0.5, 0.6) is 5.75 Å². The van der Waals surface area contributed by atoms with E-state index in [9.17, 15) is 4.79 Å². The number of hydrogen-bond acceptors (Lipinski definition) is 5. The topological polar surface area (TPSA) is 77.2 Å². The summed E-state index contributed by atoms with van der Waals surface area (Å²) in [6, 6.07) is 7.32. The Balaban J connectivity index is 2.12. The summed E-state index contributed by atoms with van der Waals surface area (Å²) >= 11 is 5.16. The number of aromatic nitrogens is 5. The van der Waals surface area contributed by atoms with E-state index in [2.05, 4.69) is 22.2 Å². The highest BCUT2D eigenvalue weighted by Gasteiger charge is 2.14. The standard InChI is InChI=1S/C15H17N5O2S/c1-3-9-22-11-7-5-10(6-8-11)12-13(21)19(4-2)14-16-17-15(23)20(14)18-12/h5-8H,3-4,9H2,1-2H3,(H,17,23). The van der Waals surface area contributed by atoms with Gasteiger partial charge in [0.15, 0.2) is 5.69 Å². The number of hydrogen-bond donors (Lipinski definition) is 1. The fourth-order valence-corrected chi connectivity index (χ4v) is 2.47. The lowest BCUT2D eigenvalue weighted by Crippen LogP contribution is -2.25. The number of fused-ring (bicyclic) bond motifs is 1. The van der Waals surface area contributed by atoms with Crippen LogP contribution in [-0.4, -0.2) is 31.0 Å². The molecule has 2 aromatic heterocycles. The Morgan fingerprint density at radius 1 is 1.26 bits per heavy atom. The lowest BCUT2D eigenvalue weighted by molar-refractivity contribution is 0.317. The molecule has 0 spiro atoms. The monoisotopic (exact) mass is 331 g/mol. The van der Waals surface area contributed by atoms with Gasteiger partial charge in [0.1, 0.15) is 5.75 Å². The van der Waals surface area contributed by atoms with Gasteiger partial charge < -0.3 is 4.74 Å². The van der Waals surface area contributed by atoms with Crippen molar-refractivity contribution in [2.75, 3.05) is 6.61 Å². The summed E-state index contributed by atoms with van der Waals surface area (Å²) in [5, 5.41) is 11.1. The summed E-state index contributed by atoms with van der Waals surface area (Å²) in [5.41, 5.74) is 0.848. The third-order valence-corrected chi connectivity index (χ3v) is 3.70. The minimum absolute atomic E-state index is 0.198. The molecule has 0 fully saturated rings. The Bertz CT molecular complexity index is 939. The predicted octanol–water partition coefficient (Wildman–Crippen LogP) is 2.42. The van der Waals surface area contributed by atoms with Crippen molar-refractivity contribution >= 4 is 18.0 Å². The molecule has 0 atom stereocenters. The van der Waals surface area contributed by atoms with E-state index < -0.39 is 0 Å². The van der Waals surface area contributed by atoms with Crippen molar-refractivity contribution in [3.05, 3.63) is 39.4 Å². The van der Waals surface area contributed by atoms with Crippen molar-refractivity contribution in [1.82, 2.24) is 24.4 Å². The fourth-order valence-electron chi connectivity index (χ4n) is 2.30. The molecule has 0 saturated carbocycles. The molecule has 0 saturated heterocycles. The van der Waals surface area contributed by atoms with Gasteiger partial charge in [0.2, 0.25) is 4.77 Å². The van der Waals surface area contributed by atoms with Gasteiger partial charge in [0.05, 0.1) is 6.61 Å². The largest absolute Gasteiger partial charge is 0.494 e. The normalized spacial score (nSPS) is 11.0. The summed E-state index contributed by atoms with van der Waals surface area (Å²) in [7, 11) is 0. The Morgan fingerprint density at radius 2 is 2.00 bits per heavy atom. The second kappa shape index (κ2) is 6.33. The van der Waals surface area contributed by atoms with Gasteiger partial charge in [-0.25, -0.2) is 5.10 Å². The van der Waals surface area contributed by atoms with E-state index in [1.54, 1.807) is 0 Å². The van der Waals surface area contributed by atoms with Crippen LogP contribution in [0.4, 0.5) is 0 Å². The van der Waals surface area contributed by atoms with Crippen LogP contribution in [0.1, 0.15) is 20.3 Å². The van der Waals surface area contributed by atoms with Crippen LogP contribution >= 0.6 is 12.2 Å². The molecule has 7 nitrogen and oxygen atoms in total. The second-order valence-electron chi connectivity index (χ2n) is 5.01. The fraction of sp³-hybridized carbons (Fsp3) is 0.333. The van der Waals surface area contributed by atoms with Crippen molar-refractivity contribution in [2.24, 2.45) is 0 Å². The third-order valence-electron chi connectivity index (χ3n) is 3.44. The predicted molar refractivity (Wildman–Crippen MR) is 89.3 cm³/mol. The molecule has 3 aromatic rings. The van der Waals surface area contributed by atoms with Gasteiger partial charge in [0.25, 0.3) is 11.3 Å². The highest BCUT2D eigenvalue weighted by molar-refractivity contribution is 7.71. The van der Waals surface area contributed by atoms with E-state index in [1.165, 1.54) is 9.08 Å². The Kier molecular flexibility index (Phi) is 4.24. The number of rotatable bonds is 5. The van der Waals surface area contributed by atoms with Crippen LogP contribution in [-0.2, 0) is 6.54 Å². The second-order valence-corrected chi connectivity index (χ2v) is 5.40. The van der Waals surface area contributed by atoms with Crippen molar-refractivity contribution in [3.63, 3.8) is 0 Å². The Morgan fingerprint density at radius 3 is 2.65 bits per heavy atom. The van der Waals surface area contributed by atoms with Gasteiger partial charge in [-0.2, -0.15) is 9.61 Å². The van der Waals surface area contributed by atoms with Gasteiger partial charge in [-0.3, -0.25) is 9.36 Å². The molecule has 0 aliphatic rings. The van der Waals surface area contributed by atoms with Crippen LogP contribution in [0.15, 0.2) is 29.1 Å². The number of aromatic amines is 1. The van der Waals surface area contributed by atoms with Crippen LogP contribution in [0.3, 0.4) is 0 Å². The van der Waals surface area contributed by atoms with Gasteiger partial charge in [-0.1, -0.05) is 6.92 Å². The zero-order valence-corrected chi connectivity index (χ0v) is 13.8. The Labute approximate surface area is 137 Å². The van der Waals surface area contributed by atoms with Crippen molar-refractivity contribution in [2.45, 2.75) is 26.8 Å². The zero-order valence-electron chi connectivity index (χ0n) is 12.9. The molecular weight excluding hydrogens is 314 g/mol. The molecule has 2 heterocycles. The quantitative estimate of drug-likeness (QED) is 0.727. The van der Waals surface area contributed by atoms with Crippen LogP contribution in [0.25, 0.3) is 17.0 Å². The molecule has 0 unspecified atom stereocenters. The lowest BCUT2D eigenvalue weighted by atomic mass is 10.1. The SMILES string of the molecule is CCCOc1ccc(-c2nn3c(=S)[nH]nc3n(CC)c2=O)cc1.